The molecule has 1 aromatic carbocycles. The molecule has 2 unspecified atom stereocenters. The van der Waals surface area contributed by atoms with Crippen molar-refractivity contribution in [1.29, 1.82) is 0 Å². The number of ether oxygens (including phenoxy) is 1. The number of halogens is 3. The lowest BCUT2D eigenvalue weighted by Gasteiger charge is -2.25. The molecule has 1 rings (SSSR count). The number of rotatable bonds is 5. The molecule has 0 aliphatic carbocycles. The minimum absolute atomic E-state index is 0.0284. The van der Waals surface area contributed by atoms with Crippen molar-refractivity contribution < 1.29 is 13.9 Å². The predicted molar refractivity (Wildman–Crippen MR) is 78.6 cm³/mol. The largest absolute Gasteiger partial charge is 0.468 e. The molecule has 0 fully saturated rings. The van der Waals surface area contributed by atoms with Crippen LogP contribution >= 0.6 is 23.2 Å². The highest BCUT2D eigenvalue weighted by molar-refractivity contribution is 6.35. The molecular weight excluding hydrogens is 304 g/mol. The third-order valence-electron chi connectivity index (χ3n) is 3.06. The fourth-order valence-corrected chi connectivity index (χ4v) is 2.44. The van der Waals surface area contributed by atoms with Gasteiger partial charge in [-0.05, 0) is 30.5 Å². The Hall–Kier alpha value is -0.840. The topological polar surface area (TPSA) is 38.3 Å². The van der Waals surface area contributed by atoms with E-state index in [4.69, 9.17) is 27.9 Å². The van der Waals surface area contributed by atoms with Crippen molar-refractivity contribution in [2.45, 2.75) is 32.9 Å². The summed E-state index contributed by atoms with van der Waals surface area (Å²) in [6.45, 7) is 5.59. The molecule has 0 heterocycles. The first-order chi connectivity index (χ1) is 9.27. The number of carbonyl (C=O) groups excluding carboxylic acids is 1. The Bertz CT molecular complexity index is 494. The Morgan fingerprint density at radius 2 is 1.85 bits per heavy atom. The van der Waals surface area contributed by atoms with E-state index in [1.165, 1.54) is 19.2 Å². The molecule has 0 radical (unpaired) electrons. The summed E-state index contributed by atoms with van der Waals surface area (Å²) in [5.74, 6) is -0.878. The van der Waals surface area contributed by atoms with Gasteiger partial charge in [0.1, 0.15) is 11.9 Å². The second kappa shape index (κ2) is 7.25. The summed E-state index contributed by atoms with van der Waals surface area (Å²) in [7, 11) is 1.33. The van der Waals surface area contributed by atoms with Crippen LogP contribution in [-0.2, 0) is 9.53 Å². The third kappa shape index (κ3) is 4.08. The molecule has 0 aliphatic rings. The van der Waals surface area contributed by atoms with Crippen LogP contribution < -0.4 is 5.32 Å². The number of methoxy groups -OCH3 is 1. The first-order valence-electron chi connectivity index (χ1n) is 6.26. The lowest BCUT2D eigenvalue weighted by atomic mass is 10.0. The van der Waals surface area contributed by atoms with Crippen LogP contribution in [0, 0.1) is 11.7 Å². The number of hydrogen-bond acceptors (Lipinski definition) is 3. The van der Waals surface area contributed by atoms with E-state index < -0.39 is 11.9 Å². The fourth-order valence-electron chi connectivity index (χ4n) is 1.89. The van der Waals surface area contributed by atoms with Gasteiger partial charge in [-0.3, -0.25) is 10.1 Å². The highest BCUT2D eigenvalue weighted by Crippen LogP contribution is 2.29. The van der Waals surface area contributed by atoms with E-state index in [0.29, 0.717) is 10.6 Å². The SMILES string of the molecule is COC(=O)C(NC(C)c1cc(F)c(Cl)cc1Cl)C(C)C. The van der Waals surface area contributed by atoms with E-state index in [1.807, 2.05) is 13.8 Å². The molecule has 0 saturated heterocycles. The van der Waals surface area contributed by atoms with E-state index >= 15 is 0 Å². The van der Waals surface area contributed by atoms with Crippen LogP contribution in [0.1, 0.15) is 32.4 Å². The zero-order valence-corrected chi connectivity index (χ0v) is 13.3. The minimum atomic E-state index is -0.543. The van der Waals surface area contributed by atoms with E-state index in [9.17, 15) is 9.18 Å². The molecule has 2 atom stereocenters. The summed E-state index contributed by atoms with van der Waals surface area (Å²) >= 11 is 11.7. The Labute approximate surface area is 128 Å². The third-order valence-corrected chi connectivity index (χ3v) is 3.67. The highest BCUT2D eigenvalue weighted by atomic mass is 35.5. The van der Waals surface area contributed by atoms with Gasteiger partial charge in [-0.1, -0.05) is 37.0 Å². The van der Waals surface area contributed by atoms with Gasteiger partial charge >= 0.3 is 5.97 Å². The van der Waals surface area contributed by atoms with Gasteiger partial charge in [-0.15, -0.1) is 0 Å². The maximum absolute atomic E-state index is 13.5. The van der Waals surface area contributed by atoms with Crippen molar-refractivity contribution in [3.05, 3.63) is 33.6 Å². The van der Waals surface area contributed by atoms with Crippen LogP contribution in [0.3, 0.4) is 0 Å². The number of hydrogen-bond donors (Lipinski definition) is 1. The monoisotopic (exact) mass is 321 g/mol. The number of carbonyl (C=O) groups is 1. The Kier molecular flexibility index (Phi) is 6.24. The van der Waals surface area contributed by atoms with Crippen LogP contribution in [0.4, 0.5) is 4.39 Å². The summed E-state index contributed by atoms with van der Waals surface area (Å²) in [5.41, 5.74) is 0.545. The van der Waals surface area contributed by atoms with Crippen molar-refractivity contribution in [1.82, 2.24) is 5.32 Å². The van der Waals surface area contributed by atoms with Gasteiger partial charge < -0.3 is 4.74 Å². The molecule has 0 aromatic heterocycles. The van der Waals surface area contributed by atoms with Crippen molar-refractivity contribution in [2.24, 2.45) is 5.92 Å². The number of esters is 1. The van der Waals surface area contributed by atoms with Crippen molar-refractivity contribution >= 4 is 29.2 Å². The van der Waals surface area contributed by atoms with Crippen LogP contribution in [0.5, 0.6) is 0 Å². The highest BCUT2D eigenvalue weighted by Gasteiger charge is 2.26. The second-order valence-corrected chi connectivity index (χ2v) is 5.74. The average molecular weight is 322 g/mol. The van der Waals surface area contributed by atoms with E-state index in [1.54, 1.807) is 6.92 Å². The maximum atomic E-state index is 13.5. The molecule has 6 heteroatoms. The fraction of sp³-hybridized carbons (Fsp3) is 0.500. The predicted octanol–water partition coefficient (Wildman–Crippen LogP) is 3.98. The summed E-state index contributed by atoms with van der Waals surface area (Å²) in [5, 5.41) is 3.42. The zero-order valence-electron chi connectivity index (χ0n) is 11.8. The molecule has 0 spiro atoms. The zero-order chi connectivity index (χ0) is 15.4. The van der Waals surface area contributed by atoms with E-state index in [0.717, 1.165) is 0 Å². The van der Waals surface area contributed by atoms with Gasteiger partial charge in [-0.2, -0.15) is 0 Å². The van der Waals surface area contributed by atoms with Gasteiger partial charge in [0.05, 0.1) is 12.1 Å². The molecule has 3 nitrogen and oxygen atoms in total. The number of nitrogens with one attached hydrogen (secondary N) is 1. The van der Waals surface area contributed by atoms with Crippen molar-refractivity contribution in [3.63, 3.8) is 0 Å². The van der Waals surface area contributed by atoms with E-state index in [-0.39, 0.29) is 23.0 Å². The molecule has 112 valence electrons. The average Bonchev–Trinajstić information content (AvgIpc) is 2.38. The molecule has 0 amide bonds. The smallest absolute Gasteiger partial charge is 0.323 e. The van der Waals surface area contributed by atoms with Gasteiger partial charge in [0.2, 0.25) is 0 Å². The van der Waals surface area contributed by atoms with Crippen LogP contribution in [0.15, 0.2) is 12.1 Å². The number of benzene rings is 1. The van der Waals surface area contributed by atoms with Gasteiger partial charge in [-0.25, -0.2) is 4.39 Å². The van der Waals surface area contributed by atoms with E-state index in [2.05, 4.69) is 5.32 Å². The molecule has 1 aromatic rings. The van der Waals surface area contributed by atoms with Crippen molar-refractivity contribution in [3.8, 4) is 0 Å². The van der Waals surface area contributed by atoms with Crippen LogP contribution in [-0.4, -0.2) is 19.1 Å². The first kappa shape index (κ1) is 17.2. The normalized spacial score (nSPS) is 14.2. The van der Waals surface area contributed by atoms with Crippen LogP contribution in [0.2, 0.25) is 10.0 Å². The summed E-state index contributed by atoms with van der Waals surface area (Å²) in [4.78, 5) is 11.7. The summed E-state index contributed by atoms with van der Waals surface area (Å²) in [6.07, 6.45) is 0. The Morgan fingerprint density at radius 1 is 1.25 bits per heavy atom. The molecule has 20 heavy (non-hydrogen) atoms. The van der Waals surface area contributed by atoms with Gasteiger partial charge in [0.25, 0.3) is 0 Å². The second-order valence-electron chi connectivity index (χ2n) is 4.92. The minimum Gasteiger partial charge on any atom is -0.468 e. The quantitative estimate of drug-likeness (QED) is 0.658. The maximum Gasteiger partial charge on any atom is 0.323 e. The summed E-state index contributed by atoms with van der Waals surface area (Å²) in [6, 6.07) is 1.82. The van der Waals surface area contributed by atoms with Gasteiger partial charge in [0.15, 0.2) is 0 Å². The molecule has 0 aliphatic heterocycles. The Morgan fingerprint density at radius 3 is 2.35 bits per heavy atom. The molecule has 1 N–H and O–H groups in total. The Balaban J connectivity index is 2.97. The van der Waals surface area contributed by atoms with Crippen molar-refractivity contribution in [2.75, 3.05) is 7.11 Å². The summed E-state index contributed by atoms with van der Waals surface area (Å²) < 4.78 is 18.3. The standard InChI is InChI=1S/C14H18Cl2FNO2/c1-7(2)13(14(19)20-4)18-8(3)9-5-12(17)11(16)6-10(9)15/h5-8,13,18H,1-4H3. The van der Waals surface area contributed by atoms with Gasteiger partial charge in [0, 0.05) is 11.1 Å². The molecule has 0 saturated carbocycles. The molecule has 0 bridgehead atoms. The van der Waals surface area contributed by atoms with Crippen LogP contribution in [0.25, 0.3) is 0 Å². The lowest BCUT2D eigenvalue weighted by molar-refractivity contribution is -0.144. The molecular formula is C14H18Cl2FNO2. The first-order valence-corrected chi connectivity index (χ1v) is 7.01. The lowest BCUT2D eigenvalue weighted by Crippen LogP contribution is -2.43.